The van der Waals surface area contributed by atoms with Gasteiger partial charge < -0.3 is 28.8 Å². The minimum Gasteiger partial charge on any atom is -0.507 e. The third kappa shape index (κ3) is 7.00. The summed E-state index contributed by atoms with van der Waals surface area (Å²) in [5.41, 5.74) is 1.65. The molecule has 2 aliphatic rings. The summed E-state index contributed by atoms with van der Waals surface area (Å²) in [6.07, 6.45) is 0.105. The highest BCUT2D eigenvalue weighted by atomic mass is 16.7. The maximum absolute atomic E-state index is 12.5. The Morgan fingerprint density at radius 1 is 0.944 bits per heavy atom. The number of hydrogen-bond donors (Lipinski definition) is 1. The van der Waals surface area contributed by atoms with Crippen molar-refractivity contribution in [3.05, 3.63) is 28.8 Å². The van der Waals surface area contributed by atoms with Gasteiger partial charge in [0, 0.05) is 17.3 Å². The van der Waals surface area contributed by atoms with Crippen LogP contribution in [0.15, 0.2) is 12.1 Å². The van der Waals surface area contributed by atoms with Crippen LogP contribution in [0.3, 0.4) is 0 Å². The standard InChI is InChI=1S/C29H46O7/c1-19-12-20(13-21(23(19)31)26(2,3)4)10-11-22(30)32-14-28(8,9)25-35-17-29(18-36-25)15-33-24(34-16-29)27(5,6)7/h12-13,24-25,31H,10-11,14-18H2,1-9H3. The lowest BCUT2D eigenvalue weighted by atomic mass is 9.83. The predicted molar refractivity (Wildman–Crippen MR) is 138 cm³/mol. The van der Waals surface area contributed by atoms with E-state index in [2.05, 4.69) is 41.5 Å². The fourth-order valence-electron chi connectivity index (χ4n) is 4.53. The second kappa shape index (κ2) is 10.6. The summed E-state index contributed by atoms with van der Waals surface area (Å²) in [6.45, 7) is 20.5. The highest BCUT2D eigenvalue weighted by Crippen LogP contribution is 2.38. The van der Waals surface area contributed by atoms with Gasteiger partial charge in [-0.2, -0.15) is 0 Å². The van der Waals surface area contributed by atoms with Gasteiger partial charge in [-0.3, -0.25) is 4.79 Å². The summed E-state index contributed by atoms with van der Waals surface area (Å²) < 4.78 is 29.8. The molecule has 0 atom stereocenters. The quantitative estimate of drug-likeness (QED) is 0.526. The fraction of sp³-hybridized carbons (Fsp3) is 0.759. The molecule has 1 N–H and O–H groups in total. The number of aromatic hydroxyl groups is 1. The number of rotatable bonds is 6. The van der Waals surface area contributed by atoms with Gasteiger partial charge in [0.15, 0.2) is 12.6 Å². The average molecular weight is 507 g/mol. The van der Waals surface area contributed by atoms with Crippen LogP contribution >= 0.6 is 0 Å². The number of hydrogen-bond acceptors (Lipinski definition) is 7. The van der Waals surface area contributed by atoms with Gasteiger partial charge in [-0.05, 0) is 35.4 Å². The zero-order valence-corrected chi connectivity index (χ0v) is 23.7. The Balaban J connectivity index is 1.47. The highest BCUT2D eigenvalue weighted by Gasteiger charge is 2.47. The minimum absolute atomic E-state index is 0.0810. The lowest BCUT2D eigenvalue weighted by molar-refractivity contribution is -0.334. The van der Waals surface area contributed by atoms with Crippen LogP contribution in [0.2, 0.25) is 0 Å². The van der Waals surface area contributed by atoms with E-state index in [0.717, 1.165) is 16.7 Å². The van der Waals surface area contributed by atoms with E-state index in [-0.39, 0.29) is 41.5 Å². The van der Waals surface area contributed by atoms with E-state index in [1.807, 2.05) is 32.9 Å². The minimum atomic E-state index is -0.504. The zero-order chi connectivity index (χ0) is 26.9. The third-order valence-electron chi connectivity index (χ3n) is 6.90. The van der Waals surface area contributed by atoms with Crippen LogP contribution in [0.4, 0.5) is 0 Å². The molecule has 7 heteroatoms. The van der Waals surface area contributed by atoms with Crippen molar-refractivity contribution in [2.24, 2.45) is 16.2 Å². The van der Waals surface area contributed by atoms with Gasteiger partial charge in [0.25, 0.3) is 0 Å². The second-order valence-corrected chi connectivity index (χ2v) is 13.5. The lowest BCUT2D eigenvalue weighted by Crippen LogP contribution is -2.56. The number of phenols is 1. The van der Waals surface area contributed by atoms with Crippen LogP contribution in [-0.4, -0.2) is 56.7 Å². The molecule has 2 saturated heterocycles. The van der Waals surface area contributed by atoms with E-state index < -0.39 is 11.7 Å². The van der Waals surface area contributed by atoms with E-state index in [4.69, 9.17) is 23.7 Å². The molecule has 0 amide bonds. The van der Waals surface area contributed by atoms with Crippen molar-refractivity contribution in [2.45, 2.75) is 93.2 Å². The van der Waals surface area contributed by atoms with Gasteiger partial charge in [0.1, 0.15) is 12.4 Å². The molecule has 7 nitrogen and oxygen atoms in total. The molecule has 36 heavy (non-hydrogen) atoms. The van der Waals surface area contributed by atoms with Crippen molar-refractivity contribution in [2.75, 3.05) is 33.0 Å². The Morgan fingerprint density at radius 2 is 1.47 bits per heavy atom. The molecule has 2 fully saturated rings. The van der Waals surface area contributed by atoms with Gasteiger partial charge in [0.2, 0.25) is 0 Å². The van der Waals surface area contributed by atoms with Gasteiger partial charge in [0.05, 0.1) is 31.8 Å². The molecule has 0 radical (unpaired) electrons. The van der Waals surface area contributed by atoms with Crippen molar-refractivity contribution in [1.82, 2.24) is 0 Å². The Morgan fingerprint density at radius 3 is 1.97 bits per heavy atom. The molecule has 2 aliphatic heterocycles. The number of esters is 1. The summed E-state index contributed by atoms with van der Waals surface area (Å²) in [5, 5.41) is 10.4. The Hall–Kier alpha value is -1.67. The summed E-state index contributed by atoms with van der Waals surface area (Å²) >= 11 is 0. The molecule has 0 aromatic heterocycles. The normalized spacial score (nSPS) is 25.7. The van der Waals surface area contributed by atoms with Crippen LogP contribution in [0.5, 0.6) is 5.75 Å². The van der Waals surface area contributed by atoms with Crippen LogP contribution in [-0.2, 0) is 40.3 Å². The smallest absolute Gasteiger partial charge is 0.306 e. The van der Waals surface area contributed by atoms with Gasteiger partial charge in [-0.25, -0.2) is 0 Å². The first-order chi connectivity index (χ1) is 16.5. The Labute approximate surface area is 216 Å². The zero-order valence-electron chi connectivity index (χ0n) is 23.7. The maximum atomic E-state index is 12.5. The van der Waals surface area contributed by atoms with E-state index in [9.17, 15) is 9.90 Å². The number of ether oxygens (including phenoxy) is 5. The molecule has 1 spiro atoms. The first kappa shape index (κ1) is 28.9. The summed E-state index contributed by atoms with van der Waals surface area (Å²) in [4.78, 5) is 12.5. The summed E-state index contributed by atoms with van der Waals surface area (Å²) in [7, 11) is 0. The van der Waals surface area contributed by atoms with Crippen LogP contribution < -0.4 is 0 Å². The van der Waals surface area contributed by atoms with Gasteiger partial charge in [-0.1, -0.05) is 67.5 Å². The molecular formula is C29H46O7. The van der Waals surface area contributed by atoms with Crippen molar-refractivity contribution >= 4 is 5.97 Å². The molecular weight excluding hydrogens is 460 g/mol. The van der Waals surface area contributed by atoms with Crippen molar-refractivity contribution in [3.8, 4) is 5.75 Å². The number of carbonyl (C=O) groups is 1. The Bertz CT molecular complexity index is 905. The number of carbonyl (C=O) groups excluding carboxylic acids is 1. The predicted octanol–water partition coefficient (Wildman–Crippen LogP) is 5.28. The van der Waals surface area contributed by atoms with Crippen molar-refractivity contribution in [1.29, 1.82) is 0 Å². The second-order valence-electron chi connectivity index (χ2n) is 13.5. The van der Waals surface area contributed by atoms with E-state index in [1.165, 1.54) is 0 Å². The number of aryl methyl sites for hydroxylation is 2. The van der Waals surface area contributed by atoms with Crippen molar-refractivity contribution < 1.29 is 33.6 Å². The summed E-state index contributed by atoms with van der Waals surface area (Å²) in [6, 6.07) is 3.92. The molecule has 0 aliphatic carbocycles. The monoisotopic (exact) mass is 506 g/mol. The fourth-order valence-corrected chi connectivity index (χ4v) is 4.53. The molecule has 1 aromatic carbocycles. The first-order valence-electron chi connectivity index (χ1n) is 13.0. The average Bonchev–Trinajstić information content (AvgIpc) is 2.77. The molecule has 0 bridgehead atoms. The van der Waals surface area contributed by atoms with Crippen LogP contribution in [0, 0.1) is 23.2 Å². The largest absolute Gasteiger partial charge is 0.507 e. The molecule has 0 saturated carbocycles. The topological polar surface area (TPSA) is 83.5 Å². The van der Waals surface area contributed by atoms with Crippen molar-refractivity contribution in [3.63, 3.8) is 0 Å². The molecule has 0 unspecified atom stereocenters. The highest BCUT2D eigenvalue weighted by molar-refractivity contribution is 5.69. The molecule has 1 aromatic rings. The maximum Gasteiger partial charge on any atom is 0.306 e. The lowest BCUT2D eigenvalue weighted by Gasteiger charge is -2.48. The number of phenolic OH excluding ortho intramolecular Hbond substituents is 1. The van der Waals surface area contributed by atoms with Gasteiger partial charge >= 0.3 is 5.97 Å². The molecule has 204 valence electrons. The number of benzene rings is 1. The van der Waals surface area contributed by atoms with E-state index in [1.54, 1.807) is 0 Å². The van der Waals surface area contributed by atoms with Crippen LogP contribution in [0.25, 0.3) is 0 Å². The van der Waals surface area contributed by atoms with Crippen LogP contribution in [0.1, 0.15) is 78.5 Å². The van der Waals surface area contributed by atoms with E-state index in [0.29, 0.717) is 38.6 Å². The molecule has 3 rings (SSSR count). The summed E-state index contributed by atoms with van der Waals surface area (Å²) in [5.74, 6) is 0.0610. The third-order valence-corrected chi connectivity index (χ3v) is 6.90. The van der Waals surface area contributed by atoms with Gasteiger partial charge in [-0.15, -0.1) is 0 Å². The molecule has 2 heterocycles. The first-order valence-corrected chi connectivity index (χ1v) is 13.0. The Kier molecular flexibility index (Phi) is 8.51. The van der Waals surface area contributed by atoms with E-state index >= 15 is 0 Å². The SMILES string of the molecule is Cc1cc(CCC(=O)OCC(C)(C)C2OCC3(COC(C(C)(C)C)OC3)CO2)cc(C(C)(C)C)c1O.